The molecule has 5 nitrogen and oxygen atoms in total. The molecule has 0 aromatic heterocycles. The minimum absolute atomic E-state index is 0.138. The molecule has 0 bridgehead atoms. The Morgan fingerprint density at radius 3 is 2.43 bits per heavy atom. The highest BCUT2D eigenvalue weighted by atomic mass is 32.2. The number of rotatable bonds is 4. The Bertz CT molecular complexity index is 757. The van der Waals surface area contributed by atoms with E-state index in [1.165, 1.54) is 36.7 Å². The van der Waals surface area contributed by atoms with Gasteiger partial charge < -0.3 is 10.5 Å². The third-order valence-corrected chi connectivity index (χ3v) is 5.09. The fraction of sp³-hybridized carbons (Fsp3) is 0.200. The number of hydrogen-bond acceptors (Lipinski definition) is 4. The molecular formula is C15H18N2O3S. The number of hydrogen-bond donors (Lipinski definition) is 1. The van der Waals surface area contributed by atoms with Gasteiger partial charge in [-0.3, -0.25) is 4.31 Å². The van der Waals surface area contributed by atoms with Crippen molar-refractivity contribution < 1.29 is 13.2 Å². The van der Waals surface area contributed by atoms with Crippen molar-refractivity contribution in [3.8, 4) is 5.75 Å². The molecule has 0 saturated carbocycles. The summed E-state index contributed by atoms with van der Waals surface area (Å²) in [5.41, 5.74) is 7.63. The predicted octanol–water partition coefficient (Wildman–Crippen LogP) is 2.41. The Hall–Kier alpha value is -2.21. The Morgan fingerprint density at radius 1 is 1.14 bits per heavy atom. The van der Waals surface area contributed by atoms with Gasteiger partial charge in [-0.25, -0.2) is 8.42 Å². The summed E-state index contributed by atoms with van der Waals surface area (Å²) in [6.45, 7) is 1.87. The van der Waals surface area contributed by atoms with E-state index in [0.717, 1.165) is 5.56 Å². The Morgan fingerprint density at radius 2 is 1.81 bits per heavy atom. The smallest absolute Gasteiger partial charge is 0.264 e. The fourth-order valence-electron chi connectivity index (χ4n) is 2.06. The van der Waals surface area contributed by atoms with Crippen molar-refractivity contribution in [1.82, 2.24) is 0 Å². The summed E-state index contributed by atoms with van der Waals surface area (Å²) < 4.78 is 31.7. The van der Waals surface area contributed by atoms with E-state index in [1.807, 2.05) is 19.1 Å². The van der Waals surface area contributed by atoms with E-state index in [-0.39, 0.29) is 4.90 Å². The number of ether oxygens (including phenoxy) is 1. The number of sulfonamides is 1. The lowest BCUT2D eigenvalue weighted by molar-refractivity contribution is 0.415. The van der Waals surface area contributed by atoms with Crippen molar-refractivity contribution in [2.45, 2.75) is 11.8 Å². The van der Waals surface area contributed by atoms with Crippen molar-refractivity contribution in [3.63, 3.8) is 0 Å². The SMILES string of the molecule is COc1cc(S(=O)(=O)N(C)c2ccccc2C)ccc1N. The molecule has 112 valence electrons. The summed E-state index contributed by atoms with van der Waals surface area (Å²) in [5.74, 6) is 0.342. The zero-order chi connectivity index (χ0) is 15.6. The number of methoxy groups -OCH3 is 1. The summed E-state index contributed by atoms with van der Waals surface area (Å²) in [7, 11) is -0.686. The third kappa shape index (κ3) is 2.80. The van der Waals surface area contributed by atoms with Crippen LogP contribution in [0, 0.1) is 6.92 Å². The molecule has 0 heterocycles. The van der Waals surface area contributed by atoms with E-state index in [4.69, 9.17) is 10.5 Å². The van der Waals surface area contributed by atoms with Gasteiger partial charge >= 0.3 is 0 Å². The molecule has 0 saturated heterocycles. The second kappa shape index (κ2) is 5.65. The number of nitrogen functional groups attached to an aromatic ring is 1. The summed E-state index contributed by atoms with van der Waals surface area (Å²) in [6.07, 6.45) is 0. The third-order valence-electron chi connectivity index (χ3n) is 3.32. The first-order valence-corrected chi connectivity index (χ1v) is 7.80. The lowest BCUT2D eigenvalue weighted by Crippen LogP contribution is -2.27. The number of anilines is 2. The molecule has 2 rings (SSSR count). The first kappa shape index (κ1) is 15.2. The predicted molar refractivity (Wildman–Crippen MR) is 84.2 cm³/mol. The highest BCUT2D eigenvalue weighted by Crippen LogP contribution is 2.29. The maximum atomic E-state index is 12.7. The van der Waals surface area contributed by atoms with Crippen LogP contribution in [0.1, 0.15) is 5.56 Å². The second-order valence-corrected chi connectivity index (χ2v) is 6.63. The van der Waals surface area contributed by atoms with Crippen LogP contribution in [0.2, 0.25) is 0 Å². The lowest BCUT2D eigenvalue weighted by atomic mass is 10.2. The maximum Gasteiger partial charge on any atom is 0.264 e. The van der Waals surface area contributed by atoms with Crippen molar-refractivity contribution in [2.75, 3.05) is 24.2 Å². The van der Waals surface area contributed by atoms with Gasteiger partial charge in [0.05, 0.1) is 23.4 Å². The molecule has 6 heteroatoms. The summed E-state index contributed by atoms with van der Waals surface area (Å²) in [4.78, 5) is 0.138. The molecular weight excluding hydrogens is 288 g/mol. The van der Waals surface area contributed by atoms with E-state index in [9.17, 15) is 8.42 Å². The van der Waals surface area contributed by atoms with Crippen molar-refractivity contribution >= 4 is 21.4 Å². The van der Waals surface area contributed by atoms with Crippen LogP contribution < -0.4 is 14.8 Å². The van der Waals surface area contributed by atoms with E-state index in [1.54, 1.807) is 12.1 Å². The highest BCUT2D eigenvalue weighted by molar-refractivity contribution is 7.92. The normalized spacial score (nSPS) is 11.2. The molecule has 2 N–H and O–H groups in total. The van der Waals surface area contributed by atoms with E-state index in [0.29, 0.717) is 17.1 Å². The van der Waals surface area contributed by atoms with Gasteiger partial charge in [-0.05, 0) is 30.7 Å². The van der Waals surface area contributed by atoms with Crippen LogP contribution in [0.25, 0.3) is 0 Å². The zero-order valence-electron chi connectivity index (χ0n) is 12.2. The molecule has 2 aromatic rings. The second-order valence-electron chi connectivity index (χ2n) is 4.66. The van der Waals surface area contributed by atoms with Crippen molar-refractivity contribution in [3.05, 3.63) is 48.0 Å². The van der Waals surface area contributed by atoms with Gasteiger partial charge in [0.2, 0.25) is 0 Å². The standard InChI is InChI=1S/C15H18N2O3S/c1-11-6-4-5-7-14(11)17(2)21(18,19)12-8-9-13(16)15(10-12)20-3/h4-10H,16H2,1-3H3. The van der Waals surface area contributed by atoms with Crippen LogP contribution in [0.15, 0.2) is 47.4 Å². The fourth-order valence-corrected chi connectivity index (χ4v) is 3.33. The zero-order valence-corrected chi connectivity index (χ0v) is 13.0. The van der Waals surface area contributed by atoms with Crippen LogP contribution in [-0.4, -0.2) is 22.6 Å². The molecule has 0 spiro atoms. The van der Waals surface area contributed by atoms with Gasteiger partial charge in [-0.2, -0.15) is 0 Å². The lowest BCUT2D eigenvalue weighted by Gasteiger charge is -2.21. The maximum absolute atomic E-state index is 12.7. The molecule has 0 atom stereocenters. The summed E-state index contributed by atoms with van der Waals surface area (Å²) in [5, 5.41) is 0. The number of aryl methyl sites for hydroxylation is 1. The highest BCUT2D eigenvalue weighted by Gasteiger charge is 2.23. The number of benzene rings is 2. The summed E-state index contributed by atoms with van der Waals surface area (Å²) in [6, 6.07) is 11.7. The molecule has 0 fully saturated rings. The number of nitrogens with two attached hydrogens (primary N) is 1. The van der Waals surface area contributed by atoms with Gasteiger partial charge in [0.15, 0.2) is 0 Å². The molecule has 0 aliphatic rings. The monoisotopic (exact) mass is 306 g/mol. The van der Waals surface area contributed by atoms with Crippen LogP contribution >= 0.6 is 0 Å². The van der Waals surface area contributed by atoms with Crippen LogP contribution in [0.5, 0.6) is 5.75 Å². The van der Waals surface area contributed by atoms with Crippen molar-refractivity contribution in [2.24, 2.45) is 0 Å². The van der Waals surface area contributed by atoms with Gasteiger partial charge in [0, 0.05) is 13.1 Å². The van der Waals surface area contributed by atoms with E-state index >= 15 is 0 Å². The quantitative estimate of drug-likeness (QED) is 0.880. The number of nitrogens with zero attached hydrogens (tertiary/aromatic N) is 1. The van der Waals surface area contributed by atoms with E-state index in [2.05, 4.69) is 0 Å². The average molecular weight is 306 g/mol. The minimum atomic E-state index is -3.67. The average Bonchev–Trinajstić information content (AvgIpc) is 2.47. The first-order chi connectivity index (χ1) is 9.87. The van der Waals surface area contributed by atoms with Crippen molar-refractivity contribution in [1.29, 1.82) is 0 Å². The minimum Gasteiger partial charge on any atom is -0.495 e. The molecule has 0 amide bonds. The number of para-hydroxylation sites is 1. The molecule has 2 aromatic carbocycles. The molecule has 0 aliphatic heterocycles. The molecule has 0 radical (unpaired) electrons. The summed E-state index contributed by atoms with van der Waals surface area (Å²) >= 11 is 0. The first-order valence-electron chi connectivity index (χ1n) is 6.36. The Kier molecular flexibility index (Phi) is 4.09. The van der Waals surface area contributed by atoms with Crippen LogP contribution in [-0.2, 0) is 10.0 Å². The van der Waals surface area contributed by atoms with Gasteiger partial charge in [0.1, 0.15) is 5.75 Å². The van der Waals surface area contributed by atoms with Gasteiger partial charge in [-0.1, -0.05) is 18.2 Å². The topological polar surface area (TPSA) is 72.6 Å². The van der Waals surface area contributed by atoms with E-state index < -0.39 is 10.0 Å². The molecule has 0 aliphatic carbocycles. The van der Waals surface area contributed by atoms with Crippen LogP contribution in [0.4, 0.5) is 11.4 Å². The largest absolute Gasteiger partial charge is 0.495 e. The Balaban J connectivity index is 2.49. The van der Waals surface area contributed by atoms with Gasteiger partial charge in [0.25, 0.3) is 10.0 Å². The molecule has 0 unspecified atom stereocenters. The van der Waals surface area contributed by atoms with Crippen LogP contribution in [0.3, 0.4) is 0 Å². The Labute approximate surface area is 125 Å². The molecule has 21 heavy (non-hydrogen) atoms. The van der Waals surface area contributed by atoms with Gasteiger partial charge in [-0.15, -0.1) is 0 Å².